The Labute approximate surface area is 184 Å². The molecule has 2 aliphatic rings. The predicted octanol–water partition coefficient (Wildman–Crippen LogP) is 2.92. The molecular formula is C20H21Cl2N6O2+. The number of carbonyl (C=O) groups is 2. The Bertz CT molecular complexity index is 1120. The van der Waals surface area contributed by atoms with Crippen LogP contribution in [0.3, 0.4) is 0 Å². The second kappa shape index (κ2) is 7.52. The fraction of sp³-hybridized carbons (Fsp3) is 0.350. The molecule has 3 heterocycles. The lowest BCUT2D eigenvalue weighted by Gasteiger charge is -2.34. The van der Waals surface area contributed by atoms with E-state index in [4.69, 9.17) is 23.2 Å². The molecule has 1 aromatic heterocycles. The molecule has 4 rings (SSSR count). The number of aliphatic imine (C=N–C) groups is 1. The second-order valence-electron chi connectivity index (χ2n) is 7.26. The first kappa shape index (κ1) is 20.6. The molecule has 1 aromatic carbocycles. The number of amides is 3. The van der Waals surface area contributed by atoms with E-state index >= 15 is 0 Å². The number of halogens is 2. The number of aryl methyl sites for hydroxylation is 2. The van der Waals surface area contributed by atoms with Gasteiger partial charge >= 0.3 is 12.0 Å². The number of aromatic nitrogens is 2. The van der Waals surface area contributed by atoms with Gasteiger partial charge in [0, 0.05) is 22.7 Å². The second-order valence-corrected chi connectivity index (χ2v) is 8.08. The summed E-state index contributed by atoms with van der Waals surface area (Å²) in [6, 6.07) is 5.82. The molecule has 0 aliphatic carbocycles. The molecule has 10 heteroatoms. The van der Waals surface area contributed by atoms with E-state index in [1.807, 2.05) is 31.4 Å². The molecule has 1 atom stereocenters. The van der Waals surface area contributed by atoms with Crippen molar-refractivity contribution in [2.75, 3.05) is 13.6 Å². The number of hydrogen-bond donors (Lipinski definition) is 0. The Morgan fingerprint density at radius 3 is 2.40 bits per heavy atom. The van der Waals surface area contributed by atoms with Crippen LogP contribution in [-0.2, 0) is 11.3 Å². The summed E-state index contributed by atoms with van der Waals surface area (Å²) >= 11 is 12.5. The van der Waals surface area contributed by atoms with Crippen LogP contribution < -0.4 is 0 Å². The maximum absolute atomic E-state index is 13.5. The van der Waals surface area contributed by atoms with Gasteiger partial charge < -0.3 is 0 Å². The highest BCUT2D eigenvalue weighted by atomic mass is 35.5. The van der Waals surface area contributed by atoms with Crippen molar-refractivity contribution < 1.29 is 14.2 Å². The highest BCUT2D eigenvalue weighted by molar-refractivity contribution is 6.36. The molecule has 0 spiro atoms. The lowest BCUT2D eigenvalue weighted by Crippen LogP contribution is -2.62. The molecule has 0 N–H and O–H groups in total. The van der Waals surface area contributed by atoms with Crippen molar-refractivity contribution in [2.24, 2.45) is 4.99 Å². The van der Waals surface area contributed by atoms with Crippen molar-refractivity contribution in [3.63, 3.8) is 0 Å². The minimum atomic E-state index is -0.724. The van der Waals surface area contributed by atoms with Crippen molar-refractivity contribution >= 4 is 46.9 Å². The first-order chi connectivity index (χ1) is 14.2. The van der Waals surface area contributed by atoms with Gasteiger partial charge in [-0.1, -0.05) is 34.3 Å². The first-order valence-electron chi connectivity index (χ1n) is 9.52. The van der Waals surface area contributed by atoms with E-state index < -0.39 is 12.1 Å². The Hall–Kier alpha value is -2.71. The van der Waals surface area contributed by atoms with Gasteiger partial charge in [-0.3, -0.25) is 14.6 Å². The van der Waals surface area contributed by atoms with Crippen LogP contribution in [0.2, 0.25) is 10.0 Å². The molecule has 8 nitrogen and oxygen atoms in total. The lowest BCUT2D eigenvalue weighted by molar-refractivity contribution is -0.534. The van der Waals surface area contributed by atoms with E-state index in [2.05, 4.69) is 10.1 Å². The smallest absolute Gasteiger partial charge is 0.270 e. The van der Waals surface area contributed by atoms with Crippen molar-refractivity contribution in [1.82, 2.24) is 19.6 Å². The predicted molar refractivity (Wildman–Crippen MR) is 114 cm³/mol. The minimum absolute atomic E-state index is 0.0168. The number of benzene rings is 1. The molecule has 30 heavy (non-hydrogen) atoms. The van der Waals surface area contributed by atoms with E-state index in [0.29, 0.717) is 33.9 Å². The van der Waals surface area contributed by atoms with Gasteiger partial charge in [-0.15, -0.1) is 9.78 Å². The number of fused-ring (bicyclic) bond motifs is 1. The molecule has 1 saturated heterocycles. The number of imide groups is 1. The topological polar surface area (TPSA) is 73.8 Å². The monoisotopic (exact) mass is 447 g/mol. The zero-order valence-corrected chi connectivity index (χ0v) is 18.6. The summed E-state index contributed by atoms with van der Waals surface area (Å²) in [6.07, 6.45) is 0. The largest absolute Gasteiger partial charge is 0.421 e. The van der Waals surface area contributed by atoms with Crippen LogP contribution in [0.1, 0.15) is 23.9 Å². The summed E-state index contributed by atoms with van der Waals surface area (Å²) in [6.45, 7) is 6.25. The van der Waals surface area contributed by atoms with Crippen LogP contribution >= 0.6 is 23.2 Å². The summed E-state index contributed by atoms with van der Waals surface area (Å²) in [7, 11) is 1.61. The summed E-state index contributed by atoms with van der Waals surface area (Å²) < 4.78 is 3.55. The van der Waals surface area contributed by atoms with Crippen molar-refractivity contribution in [3.05, 3.63) is 51.3 Å². The van der Waals surface area contributed by atoms with E-state index in [1.54, 1.807) is 29.9 Å². The number of carbonyl (C=O) groups excluding carboxylic acids is 2. The molecule has 2 aliphatic heterocycles. The zero-order valence-electron chi connectivity index (χ0n) is 17.1. The van der Waals surface area contributed by atoms with Crippen LogP contribution in [0, 0.1) is 13.8 Å². The fourth-order valence-electron chi connectivity index (χ4n) is 3.82. The average Bonchev–Trinajstić information content (AvgIpc) is 3.24. The summed E-state index contributed by atoms with van der Waals surface area (Å²) in [5.41, 5.74) is 2.27. The minimum Gasteiger partial charge on any atom is -0.270 e. The molecule has 0 saturated carbocycles. The van der Waals surface area contributed by atoms with Crippen LogP contribution in [0.5, 0.6) is 0 Å². The Balaban J connectivity index is 1.78. The van der Waals surface area contributed by atoms with Crippen molar-refractivity contribution in [1.29, 1.82) is 0 Å². The standard InChI is InChI=1S/C20H21Cl2N6O2/c1-5-26-16-17(23-19(26)28-12(3)9-11(2)24-28)25(4)20(30)27(18(16)29)10-13-14(21)7-6-8-15(13)22/h6-9,16H,5,10H2,1-4H3/q+1. The zero-order chi connectivity index (χ0) is 21.7. The van der Waals surface area contributed by atoms with E-state index in [0.717, 1.165) is 11.4 Å². The van der Waals surface area contributed by atoms with Crippen molar-refractivity contribution in [3.8, 4) is 0 Å². The molecule has 156 valence electrons. The van der Waals surface area contributed by atoms with Gasteiger partial charge in [0.25, 0.3) is 5.91 Å². The lowest BCUT2D eigenvalue weighted by atomic mass is 10.1. The highest BCUT2D eigenvalue weighted by Gasteiger charge is 2.53. The van der Waals surface area contributed by atoms with Gasteiger partial charge in [-0.05, 0) is 39.0 Å². The first-order valence-corrected chi connectivity index (χ1v) is 10.3. The SMILES string of the molecule is CC[N+]1=C(n2nc(C)cc2C)N=C2C1C(=O)N(Cc1c(Cl)cccc1Cl)C(=O)N2C. The number of amidine groups is 1. The molecule has 0 bridgehead atoms. The van der Waals surface area contributed by atoms with Gasteiger partial charge in [-0.25, -0.2) is 9.37 Å². The van der Waals surface area contributed by atoms with Gasteiger partial charge in [0.2, 0.25) is 11.9 Å². The van der Waals surface area contributed by atoms with Gasteiger partial charge in [-0.2, -0.15) is 0 Å². The Kier molecular flexibility index (Phi) is 5.15. The van der Waals surface area contributed by atoms with Gasteiger partial charge in [0.1, 0.15) is 5.69 Å². The van der Waals surface area contributed by atoms with E-state index in [9.17, 15) is 9.59 Å². The number of nitrogens with zero attached hydrogens (tertiary/aromatic N) is 6. The Morgan fingerprint density at radius 2 is 1.83 bits per heavy atom. The molecule has 1 unspecified atom stereocenters. The van der Waals surface area contributed by atoms with Gasteiger partial charge in [0.15, 0.2) is 0 Å². The summed E-state index contributed by atoms with van der Waals surface area (Å²) in [5, 5.41) is 5.30. The molecule has 2 aromatic rings. The summed E-state index contributed by atoms with van der Waals surface area (Å²) in [5.74, 6) is 0.538. The molecule has 1 fully saturated rings. The molecule has 3 amide bonds. The van der Waals surface area contributed by atoms with Crippen molar-refractivity contribution in [2.45, 2.75) is 33.4 Å². The Morgan fingerprint density at radius 1 is 1.17 bits per heavy atom. The molecule has 0 radical (unpaired) electrons. The van der Waals surface area contributed by atoms with E-state index in [1.165, 1.54) is 9.80 Å². The third kappa shape index (κ3) is 3.11. The fourth-order valence-corrected chi connectivity index (χ4v) is 4.33. The van der Waals surface area contributed by atoms with Crippen LogP contribution in [-0.4, -0.2) is 67.5 Å². The quantitative estimate of drug-likeness (QED) is 0.678. The maximum Gasteiger partial charge on any atom is 0.421 e. The number of rotatable bonds is 3. The third-order valence-corrected chi connectivity index (χ3v) is 6.01. The van der Waals surface area contributed by atoms with Crippen LogP contribution in [0.15, 0.2) is 29.3 Å². The maximum atomic E-state index is 13.5. The van der Waals surface area contributed by atoms with Gasteiger partial charge in [0.05, 0.1) is 18.8 Å². The number of likely N-dealkylation sites (N-methyl/N-ethyl adjacent to an activating group) is 2. The summed E-state index contributed by atoms with van der Waals surface area (Å²) in [4.78, 5) is 33.7. The van der Waals surface area contributed by atoms with Crippen LogP contribution in [0.25, 0.3) is 0 Å². The number of urea groups is 1. The average molecular weight is 448 g/mol. The normalized spacial score (nSPS) is 19.0. The number of hydrogen-bond acceptors (Lipinski definition) is 4. The van der Waals surface area contributed by atoms with E-state index in [-0.39, 0.29) is 12.5 Å². The highest BCUT2D eigenvalue weighted by Crippen LogP contribution is 2.29. The molecular weight excluding hydrogens is 427 g/mol. The van der Waals surface area contributed by atoms with Crippen LogP contribution in [0.4, 0.5) is 4.79 Å². The third-order valence-electron chi connectivity index (χ3n) is 5.31.